The fourth-order valence-electron chi connectivity index (χ4n) is 1.28. The molecule has 0 radical (unpaired) electrons. The number of nitrogens with two attached hydrogens (primary N) is 1. The second-order valence-electron chi connectivity index (χ2n) is 3.82. The zero-order valence-corrected chi connectivity index (χ0v) is 11.7. The summed E-state index contributed by atoms with van der Waals surface area (Å²) < 4.78 is 0.848. The molecule has 1 aromatic heterocycles. The van der Waals surface area contributed by atoms with Gasteiger partial charge in [-0.05, 0) is 34.5 Å². The van der Waals surface area contributed by atoms with Crippen molar-refractivity contribution in [3.8, 4) is 0 Å². The monoisotopic (exact) mass is 289 g/mol. The largest absolute Gasteiger partial charge is 0.383 e. The molecule has 84 valence electrons. The van der Waals surface area contributed by atoms with E-state index in [1.165, 1.54) is 0 Å². The standard InChI is InChI=1S/C10H16BrN3S/c1-6(2)4-7-9(11)10(12)14-8(13-7)5-15-3/h6H,4-5H2,1-3H3,(H2,12,13,14). The molecule has 0 aromatic carbocycles. The third-order valence-electron chi connectivity index (χ3n) is 1.87. The number of anilines is 1. The fourth-order valence-corrected chi connectivity index (χ4v) is 2.01. The topological polar surface area (TPSA) is 51.8 Å². The van der Waals surface area contributed by atoms with Crippen LogP contribution in [0, 0.1) is 5.92 Å². The molecule has 0 fully saturated rings. The molecule has 0 bridgehead atoms. The fraction of sp³-hybridized carbons (Fsp3) is 0.600. The van der Waals surface area contributed by atoms with Crippen molar-refractivity contribution in [3.05, 3.63) is 16.0 Å². The molecule has 3 nitrogen and oxygen atoms in total. The molecule has 0 saturated carbocycles. The molecule has 1 heterocycles. The van der Waals surface area contributed by atoms with Gasteiger partial charge in [-0.1, -0.05) is 13.8 Å². The van der Waals surface area contributed by atoms with E-state index in [0.717, 1.165) is 28.2 Å². The van der Waals surface area contributed by atoms with Crippen LogP contribution in [0.5, 0.6) is 0 Å². The molecule has 0 aliphatic heterocycles. The Morgan fingerprint density at radius 1 is 1.40 bits per heavy atom. The number of hydrogen-bond acceptors (Lipinski definition) is 4. The molecule has 0 unspecified atom stereocenters. The second-order valence-corrected chi connectivity index (χ2v) is 5.48. The van der Waals surface area contributed by atoms with Crippen LogP contribution in [0.2, 0.25) is 0 Å². The Morgan fingerprint density at radius 2 is 2.07 bits per heavy atom. The quantitative estimate of drug-likeness (QED) is 0.926. The van der Waals surface area contributed by atoms with Gasteiger partial charge in [0.05, 0.1) is 15.9 Å². The summed E-state index contributed by atoms with van der Waals surface area (Å²) in [5.74, 6) is 2.74. The van der Waals surface area contributed by atoms with E-state index in [-0.39, 0.29) is 0 Å². The molecule has 5 heteroatoms. The maximum Gasteiger partial charge on any atom is 0.141 e. The zero-order chi connectivity index (χ0) is 11.4. The molecule has 0 amide bonds. The Morgan fingerprint density at radius 3 is 2.60 bits per heavy atom. The summed E-state index contributed by atoms with van der Waals surface area (Å²) in [6.45, 7) is 4.33. The lowest BCUT2D eigenvalue weighted by Crippen LogP contribution is -2.07. The lowest BCUT2D eigenvalue weighted by molar-refractivity contribution is 0.630. The summed E-state index contributed by atoms with van der Waals surface area (Å²) in [5, 5.41) is 0. The lowest BCUT2D eigenvalue weighted by Gasteiger charge is -2.10. The van der Waals surface area contributed by atoms with Crippen molar-refractivity contribution in [2.45, 2.75) is 26.0 Å². The number of nitrogen functional groups attached to an aromatic ring is 1. The number of rotatable bonds is 4. The van der Waals surface area contributed by atoms with Crippen LogP contribution in [0.25, 0.3) is 0 Å². The Labute approximate surface area is 103 Å². The highest BCUT2D eigenvalue weighted by atomic mass is 79.9. The smallest absolute Gasteiger partial charge is 0.141 e. The molecule has 15 heavy (non-hydrogen) atoms. The first-order valence-electron chi connectivity index (χ1n) is 4.84. The van der Waals surface area contributed by atoms with Crippen LogP contribution >= 0.6 is 27.7 Å². The summed E-state index contributed by atoms with van der Waals surface area (Å²) in [6.07, 6.45) is 2.96. The number of halogens is 1. The minimum Gasteiger partial charge on any atom is -0.383 e. The Kier molecular flexibility index (Phi) is 4.86. The van der Waals surface area contributed by atoms with E-state index in [1.807, 2.05) is 6.26 Å². The third kappa shape index (κ3) is 3.65. The molecule has 2 N–H and O–H groups in total. The van der Waals surface area contributed by atoms with Crippen molar-refractivity contribution < 1.29 is 0 Å². The molecule has 0 atom stereocenters. The first kappa shape index (κ1) is 12.8. The van der Waals surface area contributed by atoms with Crippen molar-refractivity contribution in [2.24, 2.45) is 5.92 Å². The van der Waals surface area contributed by atoms with Crippen molar-refractivity contribution in [2.75, 3.05) is 12.0 Å². The Hall–Kier alpha value is -0.290. The molecule has 0 aliphatic carbocycles. The number of thioether (sulfide) groups is 1. The molecule has 0 spiro atoms. The van der Waals surface area contributed by atoms with Gasteiger partial charge in [-0.15, -0.1) is 0 Å². The van der Waals surface area contributed by atoms with E-state index >= 15 is 0 Å². The van der Waals surface area contributed by atoms with Gasteiger partial charge in [0.1, 0.15) is 11.6 Å². The van der Waals surface area contributed by atoms with Crippen molar-refractivity contribution in [1.82, 2.24) is 9.97 Å². The van der Waals surface area contributed by atoms with Crippen LogP contribution in [-0.4, -0.2) is 16.2 Å². The van der Waals surface area contributed by atoms with Gasteiger partial charge in [-0.25, -0.2) is 9.97 Å². The van der Waals surface area contributed by atoms with Gasteiger partial charge in [0.25, 0.3) is 0 Å². The second kappa shape index (κ2) is 5.70. The molecule has 0 saturated heterocycles. The molecular formula is C10H16BrN3S. The summed E-state index contributed by atoms with van der Waals surface area (Å²) >= 11 is 5.14. The van der Waals surface area contributed by atoms with E-state index in [9.17, 15) is 0 Å². The van der Waals surface area contributed by atoms with Gasteiger partial charge in [0.2, 0.25) is 0 Å². The van der Waals surface area contributed by atoms with Gasteiger partial charge in [0.15, 0.2) is 0 Å². The van der Waals surface area contributed by atoms with Crippen LogP contribution in [0.4, 0.5) is 5.82 Å². The van der Waals surface area contributed by atoms with Crippen LogP contribution in [-0.2, 0) is 12.2 Å². The van der Waals surface area contributed by atoms with E-state index in [4.69, 9.17) is 5.73 Å². The SMILES string of the molecule is CSCc1nc(N)c(Br)c(CC(C)C)n1. The molecule has 0 aliphatic rings. The lowest BCUT2D eigenvalue weighted by atomic mass is 10.1. The van der Waals surface area contributed by atoms with Gasteiger partial charge in [0, 0.05) is 0 Å². The number of nitrogens with zero attached hydrogens (tertiary/aromatic N) is 2. The highest BCUT2D eigenvalue weighted by Crippen LogP contribution is 2.24. The molecule has 1 rings (SSSR count). The van der Waals surface area contributed by atoms with Gasteiger partial charge in [-0.3, -0.25) is 0 Å². The Bertz CT molecular complexity index is 342. The van der Waals surface area contributed by atoms with Gasteiger partial charge in [-0.2, -0.15) is 11.8 Å². The average Bonchev–Trinajstić information content (AvgIpc) is 2.13. The van der Waals surface area contributed by atoms with Crippen LogP contribution in [0.3, 0.4) is 0 Å². The summed E-state index contributed by atoms with van der Waals surface area (Å²) in [7, 11) is 0. The first-order valence-corrected chi connectivity index (χ1v) is 7.03. The maximum absolute atomic E-state index is 5.82. The van der Waals surface area contributed by atoms with E-state index in [0.29, 0.717) is 11.7 Å². The van der Waals surface area contributed by atoms with Gasteiger partial charge >= 0.3 is 0 Å². The third-order valence-corrected chi connectivity index (χ3v) is 3.28. The van der Waals surface area contributed by atoms with E-state index < -0.39 is 0 Å². The number of aromatic nitrogens is 2. The normalized spacial score (nSPS) is 11.0. The number of hydrogen-bond donors (Lipinski definition) is 1. The van der Waals surface area contributed by atoms with Crippen LogP contribution in [0.1, 0.15) is 25.4 Å². The van der Waals surface area contributed by atoms with Crippen molar-refractivity contribution in [1.29, 1.82) is 0 Å². The minimum atomic E-state index is 0.546. The van der Waals surface area contributed by atoms with Crippen LogP contribution in [0.15, 0.2) is 4.47 Å². The summed E-state index contributed by atoms with van der Waals surface area (Å²) in [5.41, 5.74) is 6.84. The minimum absolute atomic E-state index is 0.546. The zero-order valence-electron chi connectivity index (χ0n) is 9.25. The van der Waals surface area contributed by atoms with Gasteiger partial charge < -0.3 is 5.73 Å². The first-order chi connectivity index (χ1) is 7.04. The van der Waals surface area contributed by atoms with E-state index in [1.54, 1.807) is 11.8 Å². The Balaban J connectivity index is 3.01. The highest BCUT2D eigenvalue weighted by molar-refractivity contribution is 9.10. The van der Waals surface area contributed by atoms with E-state index in [2.05, 4.69) is 39.7 Å². The predicted octanol–water partition coefficient (Wildman–Crippen LogP) is 2.88. The summed E-state index contributed by atoms with van der Waals surface area (Å²) in [6, 6.07) is 0. The maximum atomic E-state index is 5.82. The molecular weight excluding hydrogens is 274 g/mol. The average molecular weight is 290 g/mol. The highest BCUT2D eigenvalue weighted by Gasteiger charge is 2.11. The van der Waals surface area contributed by atoms with Crippen molar-refractivity contribution >= 4 is 33.5 Å². The van der Waals surface area contributed by atoms with Crippen LogP contribution < -0.4 is 5.73 Å². The predicted molar refractivity (Wildman–Crippen MR) is 69.9 cm³/mol. The molecule has 1 aromatic rings. The summed E-state index contributed by atoms with van der Waals surface area (Å²) in [4.78, 5) is 8.73. The van der Waals surface area contributed by atoms with Crippen molar-refractivity contribution in [3.63, 3.8) is 0 Å².